The average molecular weight is 471 g/mol. The minimum absolute atomic E-state index is 0.0941. The van der Waals surface area contributed by atoms with E-state index in [1.54, 1.807) is 6.07 Å². The highest BCUT2D eigenvalue weighted by Crippen LogP contribution is 2.37. The molecule has 0 saturated heterocycles. The van der Waals surface area contributed by atoms with E-state index in [4.69, 9.17) is 16.3 Å². The van der Waals surface area contributed by atoms with Crippen LogP contribution in [0.25, 0.3) is 11.0 Å². The third-order valence-corrected chi connectivity index (χ3v) is 5.86. The molecule has 34 heavy (non-hydrogen) atoms. The van der Waals surface area contributed by atoms with E-state index in [1.165, 1.54) is 6.33 Å². The van der Waals surface area contributed by atoms with Crippen LogP contribution in [0.15, 0.2) is 97.5 Å². The van der Waals surface area contributed by atoms with Gasteiger partial charge < -0.3 is 19.7 Å². The zero-order valence-electron chi connectivity index (χ0n) is 18.3. The van der Waals surface area contributed by atoms with Crippen molar-refractivity contribution in [1.82, 2.24) is 15.0 Å². The number of H-pyrrole nitrogens is 1. The minimum Gasteiger partial charge on any atom is -0.489 e. The molecule has 5 rings (SSSR count). The van der Waals surface area contributed by atoms with E-state index in [9.17, 15) is 5.11 Å². The molecule has 170 valence electrons. The van der Waals surface area contributed by atoms with Gasteiger partial charge in [-0.2, -0.15) is 0 Å². The van der Waals surface area contributed by atoms with E-state index in [1.807, 2.05) is 79.0 Å². The van der Waals surface area contributed by atoms with Crippen LogP contribution in [0, 0.1) is 0 Å². The summed E-state index contributed by atoms with van der Waals surface area (Å²) in [4.78, 5) is 14.2. The van der Waals surface area contributed by atoms with Crippen molar-refractivity contribution in [2.24, 2.45) is 0 Å². The summed E-state index contributed by atoms with van der Waals surface area (Å²) in [6.07, 6.45) is 3.37. The van der Waals surface area contributed by atoms with Gasteiger partial charge >= 0.3 is 0 Å². The van der Waals surface area contributed by atoms with E-state index < -0.39 is 0 Å². The predicted molar refractivity (Wildman–Crippen MR) is 135 cm³/mol. The van der Waals surface area contributed by atoms with E-state index in [-0.39, 0.29) is 12.6 Å². The molecule has 2 N–H and O–H groups in total. The second kappa shape index (κ2) is 9.95. The molecule has 0 saturated carbocycles. The van der Waals surface area contributed by atoms with Gasteiger partial charge in [-0.3, -0.25) is 0 Å². The fourth-order valence-corrected chi connectivity index (χ4v) is 4.21. The van der Waals surface area contributed by atoms with Gasteiger partial charge in [0, 0.05) is 16.9 Å². The first-order valence-electron chi connectivity index (χ1n) is 10.9. The summed E-state index contributed by atoms with van der Waals surface area (Å²) in [7, 11) is 0. The van der Waals surface area contributed by atoms with Gasteiger partial charge in [0.25, 0.3) is 0 Å². The first-order chi connectivity index (χ1) is 16.7. The van der Waals surface area contributed by atoms with E-state index in [0.717, 1.165) is 27.8 Å². The Morgan fingerprint density at radius 3 is 2.62 bits per heavy atom. The maximum absolute atomic E-state index is 10.5. The normalized spacial score (nSPS) is 11.9. The largest absolute Gasteiger partial charge is 0.489 e. The number of fused-ring (bicyclic) bond motifs is 1. The molecule has 0 aliphatic heterocycles. The van der Waals surface area contributed by atoms with Gasteiger partial charge in [0.05, 0.1) is 18.0 Å². The van der Waals surface area contributed by atoms with Crippen molar-refractivity contribution in [3.8, 4) is 5.75 Å². The van der Waals surface area contributed by atoms with Gasteiger partial charge in [-0.1, -0.05) is 60.1 Å². The van der Waals surface area contributed by atoms with Crippen molar-refractivity contribution in [2.75, 3.05) is 11.5 Å². The number of benzene rings is 3. The molecule has 0 amide bonds. The van der Waals surface area contributed by atoms with Gasteiger partial charge in [-0.25, -0.2) is 9.97 Å². The molecular weight excluding hydrogens is 448 g/mol. The molecular formula is C27H23ClN4O2. The summed E-state index contributed by atoms with van der Waals surface area (Å²) in [5.41, 5.74) is 3.58. The predicted octanol–water partition coefficient (Wildman–Crippen LogP) is 6.06. The third-order valence-electron chi connectivity index (χ3n) is 5.62. The van der Waals surface area contributed by atoms with E-state index in [0.29, 0.717) is 23.2 Å². The van der Waals surface area contributed by atoms with Crippen LogP contribution in [0.3, 0.4) is 0 Å². The van der Waals surface area contributed by atoms with E-state index >= 15 is 0 Å². The number of hydrogen-bond donors (Lipinski definition) is 2. The lowest BCUT2D eigenvalue weighted by Gasteiger charge is -2.32. The van der Waals surface area contributed by atoms with Crippen LogP contribution in [0.4, 0.5) is 11.5 Å². The number of halogens is 1. The highest BCUT2D eigenvalue weighted by Gasteiger charge is 2.25. The lowest BCUT2D eigenvalue weighted by Crippen LogP contribution is -2.28. The number of aromatic nitrogens is 3. The lowest BCUT2D eigenvalue weighted by atomic mass is 10.0. The van der Waals surface area contributed by atoms with Gasteiger partial charge in [-0.15, -0.1) is 0 Å². The molecule has 1 unspecified atom stereocenters. The fourth-order valence-electron chi connectivity index (χ4n) is 4.03. The Morgan fingerprint density at radius 1 is 0.941 bits per heavy atom. The van der Waals surface area contributed by atoms with Gasteiger partial charge in [0.1, 0.15) is 30.1 Å². The molecule has 2 heterocycles. The Balaban J connectivity index is 1.55. The Labute approximate surface area is 202 Å². The summed E-state index contributed by atoms with van der Waals surface area (Å²) in [6, 6.07) is 26.9. The standard InChI is InChI=1S/C27H23ClN4O2/c28-21-9-5-11-23(15-21)34-17-19-6-4-10-22(14-19)32(25(16-33)20-7-2-1-3-8-20)27-24-12-13-29-26(24)30-18-31-27/h1-15,18,25,33H,16-17H2,(H,29,30,31). The summed E-state index contributed by atoms with van der Waals surface area (Å²) in [5.74, 6) is 1.42. The minimum atomic E-state index is -0.349. The maximum atomic E-state index is 10.5. The Kier molecular flexibility index (Phi) is 6.42. The van der Waals surface area contributed by atoms with Crippen LogP contribution in [-0.4, -0.2) is 26.7 Å². The van der Waals surface area contributed by atoms with Crippen LogP contribution in [-0.2, 0) is 6.61 Å². The number of aromatic amines is 1. The highest BCUT2D eigenvalue weighted by molar-refractivity contribution is 6.30. The topological polar surface area (TPSA) is 74.3 Å². The fraction of sp³-hybridized carbons (Fsp3) is 0.111. The summed E-state index contributed by atoms with van der Waals surface area (Å²) in [5, 5.41) is 12.0. The molecule has 6 nitrogen and oxygen atoms in total. The molecule has 5 aromatic rings. The molecule has 0 radical (unpaired) electrons. The summed E-state index contributed by atoms with van der Waals surface area (Å²) in [6.45, 7) is 0.281. The lowest BCUT2D eigenvalue weighted by molar-refractivity contribution is 0.266. The third kappa shape index (κ3) is 4.59. The van der Waals surface area contributed by atoms with Crippen LogP contribution >= 0.6 is 11.6 Å². The van der Waals surface area contributed by atoms with Crippen molar-refractivity contribution >= 4 is 34.1 Å². The molecule has 2 aromatic heterocycles. The second-order valence-corrected chi connectivity index (χ2v) is 8.27. The Morgan fingerprint density at radius 2 is 1.79 bits per heavy atom. The molecule has 0 spiro atoms. The monoisotopic (exact) mass is 470 g/mol. The molecule has 0 bridgehead atoms. The van der Waals surface area contributed by atoms with Crippen LogP contribution in [0.5, 0.6) is 5.75 Å². The van der Waals surface area contributed by atoms with Gasteiger partial charge in [0.2, 0.25) is 0 Å². The second-order valence-electron chi connectivity index (χ2n) is 7.83. The summed E-state index contributed by atoms with van der Waals surface area (Å²) < 4.78 is 5.96. The maximum Gasteiger partial charge on any atom is 0.146 e. The number of aliphatic hydroxyl groups excluding tert-OH is 1. The van der Waals surface area contributed by atoms with Gasteiger partial charge in [0.15, 0.2) is 0 Å². The Bertz CT molecular complexity index is 1390. The Hall–Kier alpha value is -3.87. The van der Waals surface area contributed by atoms with Crippen molar-refractivity contribution in [1.29, 1.82) is 0 Å². The van der Waals surface area contributed by atoms with Crippen molar-refractivity contribution in [3.05, 3.63) is 114 Å². The smallest absolute Gasteiger partial charge is 0.146 e. The number of rotatable bonds is 8. The molecule has 0 aliphatic rings. The van der Waals surface area contributed by atoms with Crippen molar-refractivity contribution < 1.29 is 9.84 Å². The van der Waals surface area contributed by atoms with Crippen molar-refractivity contribution in [3.63, 3.8) is 0 Å². The SMILES string of the molecule is OCC(c1ccccc1)N(c1cccc(COc2cccc(Cl)c2)c1)c1ncnc2[nH]ccc12. The molecule has 7 heteroatoms. The first kappa shape index (κ1) is 21.9. The van der Waals surface area contributed by atoms with Crippen LogP contribution in [0.1, 0.15) is 17.2 Å². The average Bonchev–Trinajstić information content (AvgIpc) is 3.36. The molecule has 3 aromatic carbocycles. The number of aliphatic hydroxyl groups is 1. The van der Waals surface area contributed by atoms with Crippen molar-refractivity contribution in [2.45, 2.75) is 12.6 Å². The number of nitrogens with one attached hydrogen (secondary N) is 1. The number of anilines is 2. The van der Waals surface area contributed by atoms with Crippen LogP contribution < -0.4 is 9.64 Å². The molecule has 0 aliphatic carbocycles. The summed E-state index contributed by atoms with van der Waals surface area (Å²) >= 11 is 6.08. The first-order valence-corrected chi connectivity index (χ1v) is 11.3. The van der Waals surface area contributed by atoms with Gasteiger partial charge in [-0.05, 0) is 47.5 Å². The number of ether oxygens (including phenoxy) is 1. The highest BCUT2D eigenvalue weighted by atomic mass is 35.5. The van der Waals surface area contributed by atoms with Crippen LogP contribution in [0.2, 0.25) is 5.02 Å². The number of nitrogens with zero attached hydrogens (tertiary/aromatic N) is 3. The quantitative estimate of drug-likeness (QED) is 0.288. The number of hydrogen-bond acceptors (Lipinski definition) is 5. The molecule has 0 fully saturated rings. The molecule has 1 atom stereocenters. The zero-order chi connectivity index (χ0) is 23.3. The zero-order valence-corrected chi connectivity index (χ0v) is 19.1. The van der Waals surface area contributed by atoms with E-state index in [2.05, 4.69) is 25.9 Å².